The Bertz CT molecular complexity index is 414. The van der Waals surface area contributed by atoms with Crippen LogP contribution in [0.2, 0.25) is 0 Å². The summed E-state index contributed by atoms with van der Waals surface area (Å²) in [6.45, 7) is 2.57. The van der Waals surface area contributed by atoms with Gasteiger partial charge < -0.3 is 15.4 Å². The molecule has 0 bridgehead atoms. The van der Waals surface area contributed by atoms with Crippen molar-refractivity contribution in [1.82, 2.24) is 10.6 Å². The highest BCUT2D eigenvalue weighted by molar-refractivity contribution is 5.78. The first-order valence-corrected chi connectivity index (χ1v) is 6.91. The zero-order chi connectivity index (χ0) is 13.5. The van der Waals surface area contributed by atoms with Crippen LogP contribution in [0.4, 0.5) is 0 Å². The predicted octanol–water partition coefficient (Wildman–Crippen LogP) is 1.35. The van der Waals surface area contributed by atoms with Crippen LogP contribution in [0.15, 0.2) is 24.3 Å². The van der Waals surface area contributed by atoms with Gasteiger partial charge in [0.25, 0.3) is 0 Å². The molecule has 104 valence electrons. The van der Waals surface area contributed by atoms with Crippen LogP contribution < -0.4 is 15.4 Å². The summed E-state index contributed by atoms with van der Waals surface area (Å²) < 4.78 is 5.30. The Kier molecular flexibility index (Phi) is 5.21. The first-order chi connectivity index (χ1) is 9.31. The predicted molar refractivity (Wildman–Crippen MR) is 75.3 cm³/mol. The zero-order valence-corrected chi connectivity index (χ0v) is 11.4. The highest BCUT2D eigenvalue weighted by Crippen LogP contribution is 2.17. The van der Waals surface area contributed by atoms with Crippen molar-refractivity contribution in [2.45, 2.75) is 19.3 Å². The Morgan fingerprint density at radius 2 is 2.11 bits per heavy atom. The number of piperidine rings is 1. The summed E-state index contributed by atoms with van der Waals surface area (Å²) in [6, 6.07) is 7.93. The van der Waals surface area contributed by atoms with Crippen molar-refractivity contribution < 1.29 is 9.53 Å². The quantitative estimate of drug-likeness (QED) is 0.842. The molecule has 0 saturated carbocycles. The molecule has 1 aromatic rings. The maximum absolute atomic E-state index is 12.0. The maximum Gasteiger partial charge on any atom is 0.223 e. The van der Waals surface area contributed by atoms with E-state index in [4.69, 9.17) is 4.74 Å². The normalized spacial score (nSPS) is 16.1. The summed E-state index contributed by atoms with van der Waals surface area (Å²) in [4.78, 5) is 12.0. The molecule has 0 spiro atoms. The minimum Gasteiger partial charge on any atom is -0.496 e. The van der Waals surface area contributed by atoms with Gasteiger partial charge in [0, 0.05) is 12.5 Å². The van der Waals surface area contributed by atoms with E-state index < -0.39 is 0 Å². The molecule has 0 aliphatic carbocycles. The number of ether oxygens (including phenoxy) is 1. The van der Waals surface area contributed by atoms with Crippen molar-refractivity contribution in [1.29, 1.82) is 0 Å². The molecule has 1 aromatic carbocycles. The molecule has 2 rings (SSSR count). The van der Waals surface area contributed by atoms with Crippen molar-refractivity contribution in [3.63, 3.8) is 0 Å². The maximum atomic E-state index is 12.0. The Hall–Kier alpha value is -1.55. The zero-order valence-electron chi connectivity index (χ0n) is 11.4. The van der Waals surface area contributed by atoms with Crippen LogP contribution in [0, 0.1) is 5.92 Å². The molecule has 4 heteroatoms. The second kappa shape index (κ2) is 7.14. The summed E-state index contributed by atoms with van der Waals surface area (Å²) in [5, 5.41) is 6.30. The molecule has 1 fully saturated rings. The number of hydrogen-bond acceptors (Lipinski definition) is 3. The number of para-hydroxylation sites is 1. The monoisotopic (exact) mass is 262 g/mol. The third kappa shape index (κ3) is 3.96. The summed E-state index contributed by atoms with van der Waals surface area (Å²) in [5.41, 5.74) is 1.13. The van der Waals surface area contributed by atoms with Crippen molar-refractivity contribution in [2.75, 3.05) is 26.7 Å². The minimum absolute atomic E-state index is 0.180. The highest BCUT2D eigenvalue weighted by Gasteiger charge is 2.20. The molecule has 0 atom stereocenters. The van der Waals surface area contributed by atoms with Gasteiger partial charge >= 0.3 is 0 Å². The van der Waals surface area contributed by atoms with Gasteiger partial charge in [-0.15, -0.1) is 0 Å². The lowest BCUT2D eigenvalue weighted by Gasteiger charge is -2.21. The van der Waals surface area contributed by atoms with Gasteiger partial charge in [-0.1, -0.05) is 18.2 Å². The topological polar surface area (TPSA) is 50.4 Å². The van der Waals surface area contributed by atoms with Gasteiger partial charge in [-0.3, -0.25) is 4.79 Å². The Morgan fingerprint density at radius 3 is 2.84 bits per heavy atom. The SMILES string of the molecule is COc1ccccc1CCNC(=O)C1CCNCC1. The molecule has 0 radical (unpaired) electrons. The van der Waals surface area contributed by atoms with E-state index in [9.17, 15) is 4.79 Å². The third-order valence-electron chi connectivity index (χ3n) is 3.60. The molecule has 1 heterocycles. The number of benzene rings is 1. The number of hydrogen-bond donors (Lipinski definition) is 2. The Morgan fingerprint density at radius 1 is 1.37 bits per heavy atom. The van der Waals surface area contributed by atoms with Gasteiger partial charge in [-0.2, -0.15) is 0 Å². The number of methoxy groups -OCH3 is 1. The molecule has 1 aliphatic rings. The number of carbonyl (C=O) groups excluding carboxylic acids is 1. The van der Waals surface area contributed by atoms with Crippen LogP contribution >= 0.6 is 0 Å². The number of carbonyl (C=O) groups is 1. The van der Waals surface area contributed by atoms with E-state index >= 15 is 0 Å². The van der Waals surface area contributed by atoms with E-state index in [-0.39, 0.29) is 11.8 Å². The van der Waals surface area contributed by atoms with Crippen LogP contribution in [0.3, 0.4) is 0 Å². The summed E-state index contributed by atoms with van der Waals surface area (Å²) in [5.74, 6) is 1.26. The molecular formula is C15H22N2O2. The molecule has 1 saturated heterocycles. The first kappa shape index (κ1) is 13.9. The molecule has 1 aliphatic heterocycles. The molecule has 1 amide bonds. The highest BCUT2D eigenvalue weighted by atomic mass is 16.5. The average molecular weight is 262 g/mol. The first-order valence-electron chi connectivity index (χ1n) is 6.91. The number of amides is 1. The summed E-state index contributed by atoms with van der Waals surface area (Å²) in [7, 11) is 1.67. The lowest BCUT2D eigenvalue weighted by molar-refractivity contribution is -0.125. The van der Waals surface area contributed by atoms with Gasteiger partial charge in [0.1, 0.15) is 5.75 Å². The second-order valence-electron chi connectivity index (χ2n) is 4.88. The fourth-order valence-electron chi connectivity index (χ4n) is 2.46. The second-order valence-corrected chi connectivity index (χ2v) is 4.88. The van der Waals surface area contributed by atoms with Crippen LogP contribution in [-0.2, 0) is 11.2 Å². The number of rotatable bonds is 5. The van der Waals surface area contributed by atoms with Gasteiger partial charge in [0.05, 0.1) is 7.11 Å². The fourth-order valence-corrected chi connectivity index (χ4v) is 2.46. The summed E-state index contributed by atoms with van der Waals surface area (Å²) >= 11 is 0. The summed E-state index contributed by atoms with van der Waals surface area (Å²) in [6.07, 6.45) is 2.70. The smallest absolute Gasteiger partial charge is 0.223 e. The van der Waals surface area contributed by atoms with Crippen LogP contribution in [0.5, 0.6) is 5.75 Å². The van der Waals surface area contributed by atoms with E-state index in [1.807, 2.05) is 24.3 Å². The number of nitrogens with one attached hydrogen (secondary N) is 2. The van der Waals surface area contributed by atoms with Gasteiger partial charge in [0.2, 0.25) is 5.91 Å². The average Bonchev–Trinajstić information content (AvgIpc) is 2.48. The molecule has 0 aromatic heterocycles. The van der Waals surface area contributed by atoms with E-state index in [0.717, 1.165) is 43.7 Å². The third-order valence-corrected chi connectivity index (χ3v) is 3.60. The molecule has 0 unspecified atom stereocenters. The molecular weight excluding hydrogens is 240 g/mol. The molecule has 2 N–H and O–H groups in total. The lowest BCUT2D eigenvalue weighted by atomic mass is 9.97. The van der Waals surface area contributed by atoms with E-state index in [2.05, 4.69) is 10.6 Å². The Balaban J connectivity index is 1.78. The van der Waals surface area contributed by atoms with Crippen molar-refractivity contribution in [2.24, 2.45) is 5.92 Å². The van der Waals surface area contributed by atoms with Gasteiger partial charge in [-0.25, -0.2) is 0 Å². The van der Waals surface area contributed by atoms with E-state index in [1.54, 1.807) is 7.11 Å². The van der Waals surface area contributed by atoms with Crippen molar-refractivity contribution in [3.05, 3.63) is 29.8 Å². The van der Waals surface area contributed by atoms with Crippen LogP contribution in [0.1, 0.15) is 18.4 Å². The lowest BCUT2D eigenvalue weighted by Crippen LogP contribution is -2.38. The van der Waals surface area contributed by atoms with E-state index in [0.29, 0.717) is 6.54 Å². The van der Waals surface area contributed by atoms with Crippen LogP contribution in [0.25, 0.3) is 0 Å². The Labute approximate surface area is 114 Å². The largest absolute Gasteiger partial charge is 0.496 e. The molecule has 19 heavy (non-hydrogen) atoms. The molecule has 4 nitrogen and oxygen atoms in total. The van der Waals surface area contributed by atoms with Gasteiger partial charge in [-0.05, 0) is 44.0 Å². The van der Waals surface area contributed by atoms with Gasteiger partial charge in [0.15, 0.2) is 0 Å². The fraction of sp³-hybridized carbons (Fsp3) is 0.533. The van der Waals surface area contributed by atoms with E-state index in [1.165, 1.54) is 0 Å². The minimum atomic E-state index is 0.180. The van der Waals surface area contributed by atoms with Crippen LogP contribution in [-0.4, -0.2) is 32.7 Å². The standard InChI is InChI=1S/C15H22N2O2/c1-19-14-5-3-2-4-12(14)8-11-17-15(18)13-6-9-16-10-7-13/h2-5,13,16H,6-11H2,1H3,(H,17,18). The van der Waals surface area contributed by atoms with Crippen molar-refractivity contribution in [3.8, 4) is 5.75 Å². The van der Waals surface area contributed by atoms with Crippen molar-refractivity contribution >= 4 is 5.91 Å².